The summed E-state index contributed by atoms with van der Waals surface area (Å²) < 4.78 is 4.78. The Morgan fingerprint density at radius 1 is 1.00 bits per heavy atom. The number of ether oxygens (including phenoxy) is 1. The number of esters is 1. The number of nitrogens with two attached hydrogens (primary N) is 4. The normalized spacial score (nSPS) is 9.25. The van der Waals surface area contributed by atoms with Crippen molar-refractivity contribution in [3.05, 3.63) is 36.4 Å². The zero-order chi connectivity index (χ0) is 15.1. The molecule has 0 bridgehead atoms. The summed E-state index contributed by atoms with van der Waals surface area (Å²) in [6, 6.07) is 10.1. The van der Waals surface area contributed by atoms with E-state index in [0.29, 0.717) is 22.9 Å². The number of nitrogen functional groups attached to an aromatic ring is 4. The van der Waals surface area contributed by atoms with E-state index in [-0.39, 0.29) is 11.8 Å². The smallest absolute Gasteiger partial charge is 0.308 e. The highest BCUT2D eigenvalue weighted by Crippen LogP contribution is 2.19. The lowest BCUT2D eigenvalue weighted by molar-refractivity contribution is -0.131. The lowest BCUT2D eigenvalue weighted by Crippen LogP contribution is -2.03. The molecule has 0 saturated carbocycles. The van der Waals surface area contributed by atoms with Crippen LogP contribution in [-0.4, -0.2) is 11.0 Å². The third kappa shape index (κ3) is 4.73. The molecule has 8 N–H and O–H groups in total. The van der Waals surface area contributed by atoms with Crippen LogP contribution in [0.25, 0.3) is 0 Å². The summed E-state index contributed by atoms with van der Waals surface area (Å²) in [5, 5.41) is 0. The van der Waals surface area contributed by atoms with Crippen LogP contribution in [-0.2, 0) is 4.79 Å². The van der Waals surface area contributed by atoms with Gasteiger partial charge in [-0.05, 0) is 24.3 Å². The number of aromatic nitrogens is 1. The second-order valence-electron chi connectivity index (χ2n) is 3.84. The molecule has 0 amide bonds. The second kappa shape index (κ2) is 6.83. The van der Waals surface area contributed by atoms with E-state index in [0.717, 1.165) is 0 Å². The quantitative estimate of drug-likeness (QED) is 0.345. The van der Waals surface area contributed by atoms with Crippen molar-refractivity contribution < 1.29 is 9.53 Å². The van der Waals surface area contributed by atoms with Crippen molar-refractivity contribution in [1.82, 2.24) is 4.98 Å². The monoisotopic (exact) mass is 275 g/mol. The molecule has 20 heavy (non-hydrogen) atoms. The van der Waals surface area contributed by atoms with Crippen molar-refractivity contribution in [2.24, 2.45) is 0 Å². The molecule has 2 rings (SSSR count). The van der Waals surface area contributed by atoms with Gasteiger partial charge in [-0.1, -0.05) is 12.1 Å². The minimum Gasteiger partial charge on any atom is -0.425 e. The van der Waals surface area contributed by atoms with E-state index in [4.69, 9.17) is 27.7 Å². The van der Waals surface area contributed by atoms with Gasteiger partial charge in [-0.15, -0.1) is 0 Å². The Kier molecular flexibility index (Phi) is 5.16. The maximum absolute atomic E-state index is 10.5. The summed E-state index contributed by atoms with van der Waals surface area (Å²) >= 11 is 0. The molecule has 7 nitrogen and oxygen atoms in total. The third-order valence-corrected chi connectivity index (χ3v) is 2.15. The second-order valence-corrected chi connectivity index (χ2v) is 3.84. The Morgan fingerprint density at radius 3 is 2.15 bits per heavy atom. The number of para-hydroxylation sites is 2. The van der Waals surface area contributed by atoms with Crippen molar-refractivity contribution in [3.8, 4) is 5.75 Å². The van der Waals surface area contributed by atoms with Crippen LogP contribution in [0.5, 0.6) is 5.75 Å². The van der Waals surface area contributed by atoms with Crippen molar-refractivity contribution in [3.63, 3.8) is 0 Å². The first-order valence-electron chi connectivity index (χ1n) is 5.70. The number of benzene rings is 1. The molecule has 1 aromatic heterocycles. The molecular weight excluding hydrogens is 258 g/mol. The van der Waals surface area contributed by atoms with Crippen molar-refractivity contribution in [1.29, 1.82) is 0 Å². The highest BCUT2D eigenvalue weighted by Gasteiger charge is 1.99. The van der Waals surface area contributed by atoms with Crippen LogP contribution in [0, 0.1) is 0 Å². The lowest BCUT2D eigenvalue weighted by atomic mass is 10.3. The Hall–Kier alpha value is -2.96. The first kappa shape index (κ1) is 15.1. The van der Waals surface area contributed by atoms with Gasteiger partial charge in [0.05, 0.1) is 11.4 Å². The standard InChI is InChI=1S/C8H9NO2.C5H8N4/c1-6(10)11-8-5-3-2-4-7(8)9;6-3-1-2-4(7)9-5(3)8/h2-5H,9H2,1H3;1-2H,6H2,(H4,7,8,9). The molecule has 0 fully saturated rings. The minimum absolute atomic E-state index is 0.287. The van der Waals surface area contributed by atoms with Gasteiger partial charge in [0.15, 0.2) is 5.75 Å². The first-order valence-corrected chi connectivity index (χ1v) is 5.70. The van der Waals surface area contributed by atoms with Gasteiger partial charge >= 0.3 is 5.97 Å². The number of hydrogen-bond donors (Lipinski definition) is 4. The Labute approximate surface area is 116 Å². The predicted octanol–water partition coefficient (Wildman–Crippen LogP) is 1.02. The fraction of sp³-hybridized carbons (Fsp3) is 0.0769. The van der Waals surface area contributed by atoms with Gasteiger partial charge in [0.1, 0.15) is 11.6 Å². The van der Waals surface area contributed by atoms with E-state index in [1.54, 1.807) is 36.4 Å². The van der Waals surface area contributed by atoms with Gasteiger partial charge in [0.25, 0.3) is 0 Å². The van der Waals surface area contributed by atoms with Gasteiger partial charge in [0.2, 0.25) is 0 Å². The average Bonchev–Trinajstić information content (AvgIpc) is 2.37. The number of pyridine rings is 1. The fourth-order valence-corrected chi connectivity index (χ4v) is 1.23. The molecular formula is C13H17N5O2. The zero-order valence-electron chi connectivity index (χ0n) is 11.0. The molecule has 1 aromatic carbocycles. The van der Waals surface area contributed by atoms with Crippen molar-refractivity contribution in [2.45, 2.75) is 6.92 Å². The van der Waals surface area contributed by atoms with Gasteiger partial charge in [0, 0.05) is 6.92 Å². The predicted molar refractivity (Wildman–Crippen MR) is 79.6 cm³/mol. The van der Waals surface area contributed by atoms with Crippen LogP contribution in [0.15, 0.2) is 36.4 Å². The minimum atomic E-state index is -0.358. The lowest BCUT2D eigenvalue weighted by Gasteiger charge is -2.02. The summed E-state index contributed by atoms with van der Waals surface area (Å²) in [4.78, 5) is 14.2. The van der Waals surface area contributed by atoms with E-state index >= 15 is 0 Å². The largest absolute Gasteiger partial charge is 0.425 e. The fourth-order valence-electron chi connectivity index (χ4n) is 1.23. The van der Waals surface area contributed by atoms with Crippen LogP contribution in [0.4, 0.5) is 23.0 Å². The molecule has 2 aromatic rings. The highest BCUT2D eigenvalue weighted by atomic mass is 16.5. The third-order valence-electron chi connectivity index (χ3n) is 2.15. The molecule has 0 spiro atoms. The maximum atomic E-state index is 10.5. The number of carbonyl (C=O) groups excluding carboxylic acids is 1. The average molecular weight is 275 g/mol. The Balaban J connectivity index is 0.000000204. The number of rotatable bonds is 1. The topological polar surface area (TPSA) is 143 Å². The highest BCUT2D eigenvalue weighted by molar-refractivity contribution is 5.71. The molecule has 0 aliphatic rings. The SMILES string of the molecule is CC(=O)Oc1ccccc1N.Nc1ccc(N)c(N)n1. The molecule has 1 heterocycles. The van der Waals surface area contributed by atoms with Gasteiger partial charge in [-0.2, -0.15) is 0 Å². The van der Waals surface area contributed by atoms with E-state index in [9.17, 15) is 4.79 Å². The molecule has 0 unspecified atom stereocenters. The number of hydrogen-bond acceptors (Lipinski definition) is 7. The van der Waals surface area contributed by atoms with Crippen molar-refractivity contribution in [2.75, 3.05) is 22.9 Å². The molecule has 0 radical (unpaired) electrons. The van der Waals surface area contributed by atoms with Gasteiger partial charge < -0.3 is 27.7 Å². The van der Waals surface area contributed by atoms with Crippen molar-refractivity contribution >= 4 is 29.0 Å². The van der Waals surface area contributed by atoms with Gasteiger partial charge in [-0.25, -0.2) is 4.98 Å². The molecule has 0 saturated heterocycles. The summed E-state index contributed by atoms with van der Waals surface area (Å²) in [6.07, 6.45) is 0. The van der Waals surface area contributed by atoms with Crippen LogP contribution in [0.1, 0.15) is 6.92 Å². The van der Waals surface area contributed by atoms with E-state index in [1.165, 1.54) is 6.92 Å². The summed E-state index contributed by atoms with van der Waals surface area (Å²) in [7, 11) is 0. The maximum Gasteiger partial charge on any atom is 0.308 e. The molecule has 106 valence electrons. The van der Waals surface area contributed by atoms with Crippen LogP contribution < -0.4 is 27.7 Å². The zero-order valence-corrected chi connectivity index (χ0v) is 11.0. The first-order chi connectivity index (χ1) is 9.40. The van der Waals surface area contributed by atoms with E-state index in [2.05, 4.69) is 4.98 Å². The van der Waals surface area contributed by atoms with E-state index in [1.807, 2.05) is 0 Å². The van der Waals surface area contributed by atoms with Crippen LogP contribution in [0.2, 0.25) is 0 Å². The Bertz CT molecular complexity index is 601. The summed E-state index contributed by atoms with van der Waals surface area (Å²) in [5.41, 5.74) is 22.4. The summed E-state index contributed by atoms with van der Waals surface area (Å²) in [5.74, 6) is 0.736. The molecule has 0 aliphatic heterocycles. The number of anilines is 4. The Morgan fingerprint density at radius 2 is 1.65 bits per heavy atom. The number of carbonyl (C=O) groups is 1. The summed E-state index contributed by atoms with van der Waals surface area (Å²) in [6.45, 7) is 1.34. The van der Waals surface area contributed by atoms with Gasteiger partial charge in [-0.3, -0.25) is 4.79 Å². The number of nitrogens with zero attached hydrogens (tertiary/aromatic N) is 1. The molecule has 7 heteroatoms. The molecule has 0 aliphatic carbocycles. The van der Waals surface area contributed by atoms with E-state index < -0.39 is 0 Å². The van der Waals surface area contributed by atoms with Crippen LogP contribution in [0.3, 0.4) is 0 Å². The molecule has 0 atom stereocenters. The van der Waals surface area contributed by atoms with Crippen LogP contribution >= 0.6 is 0 Å².